The molecular formula is C41H39N7O4S. The molecule has 0 bridgehead atoms. The number of nitrogens with one attached hydrogen (secondary N) is 1. The lowest BCUT2D eigenvalue weighted by molar-refractivity contribution is -0.136. The van der Waals surface area contributed by atoms with Gasteiger partial charge in [-0.1, -0.05) is 73.4 Å². The van der Waals surface area contributed by atoms with Gasteiger partial charge in [0.15, 0.2) is 5.82 Å². The minimum absolute atomic E-state index is 0.0947. The highest BCUT2D eigenvalue weighted by Crippen LogP contribution is 2.37. The molecule has 1 saturated heterocycles. The first-order chi connectivity index (χ1) is 25.8. The van der Waals surface area contributed by atoms with Gasteiger partial charge >= 0.3 is 0 Å². The van der Waals surface area contributed by atoms with E-state index < -0.39 is 11.9 Å². The highest BCUT2D eigenvalue weighted by molar-refractivity contribution is 7.15. The predicted molar refractivity (Wildman–Crippen MR) is 199 cm³/mol. The minimum atomic E-state index is -0.619. The lowest BCUT2D eigenvalue weighted by Gasteiger charge is -2.29. The van der Waals surface area contributed by atoms with Crippen molar-refractivity contribution in [3.63, 3.8) is 0 Å². The van der Waals surface area contributed by atoms with Crippen molar-refractivity contribution in [2.75, 3.05) is 0 Å². The number of amides is 3. The van der Waals surface area contributed by atoms with E-state index in [0.29, 0.717) is 31.7 Å². The van der Waals surface area contributed by atoms with E-state index in [2.05, 4.69) is 86.4 Å². The highest BCUT2D eigenvalue weighted by atomic mass is 32.1. The highest BCUT2D eigenvalue weighted by Gasteiger charge is 2.40. The van der Waals surface area contributed by atoms with Gasteiger partial charge in [-0.3, -0.25) is 28.9 Å². The Balaban J connectivity index is 0.912. The topological polar surface area (TPSA) is 124 Å². The van der Waals surface area contributed by atoms with Crippen LogP contribution in [0.2, 0.25) is 0 Å². The monoisotopic (exact) mass is 725 g/mol. The predicted octanol–water partition coefficient (Wildman–Crippen LogP) is 5.76. The maximum atomic E-state index is 13.2. The Kier molecular flexibility index (Phi) is 9.60. The fraction of sp³-hybridized carbons (Fsp3) is 0.317. The summed E-state index contributed by atoms with van der Waals surface area (Å²) in [6.07, 6.45) is 11.3. The van der Waals surface area contributed by atoms with Gasteiger partial charge in [0.2, 0.25) is 11.8 Å². The molecule has 6 heterocycles. The molecule has 3 aliphatic rings. The summed E-state index contributed by atoms with van der Waals surface area (Å²) >= 11 is 1.66. The van der Waals surface area contributed by atoms with Crippen LogP contribution in [-0.2, 0) is 47.1 Å². The van der Waals surface area contributed by atoms with Gasteiger partial charge in [0, 0.05) is 36.8 Å². The zero-order valence-corrected chi connectivity index (χ0v) is 30.5. The smallest absolute Gasteiger partial charge is 0.255 e. The molecule has 1 fully saturated rings. The third-order valence-electron chi connectivity index (χ3n) is 10.1. The van der Waals surface area contributed by atoms with Gasteiger partial charge in [-0.05, 0) is 66.8 Å². The summed E-state index contributed by atoms with van der Waals surface area (Å²) in [5.41, 5.74) is 7.08. The molecule has 2 atom stereocenters. The molecule has 12 heteroatoms. The van der Waals surface area contributed by atoms with Crippen LogP contribution in [-0.4, -0.2) is 53.2 Å². The van der Waals surface area contributed by atoms with E-state index in [1.54, 1.807) is 16.2 Å². The maximum Gasteiger partial charge on any atom is 0.255 e. The second-order valence-electron chi connectivity index (χ2n) is 13.7. The normalized spacial score (nSPS) is 17.2. The van der Waals surface area contributed by atoms with Crippen molar-refractivity contribution in [1.29, 1.82) is 0 Å². The number of carbonyl (C=O) groups is 3. The second kappa shape index (κ2) is 14.8. The van der Waals surface area contributed by atoms with Crippen LogP contribution in [0.4, 0.5) is 0 Å². The number of aromatic nitrogens is 5. The van der Waals surface area contributed by atoms with Crippen LogP contribution in [0.15, 0.2) is 73.1 Å². The minimum Gasteiger partial charge on any atom is -0.369 e. The van der Waals surface area contributed by atoms with Gasteiger partial charge in [0.1, 0.15) is 23.5 Å². The molecular weight excluding hydrogens is 687 g/mol. The quantitative estimate of drug-likeness (QED) is 0.0888. The van der Waals surface area contributed by atoms with Crippen molar-refractivity contribution < 1.29 is 19.1 Å². The number of benzene rings is 2. The number of allylic oxidation sites excluding steroid dienone is 2. The first-order valence-electron chi connectivity index (χ1n) is 18.0. The molecule has 11 nitrogen and oxygen atoms in total. The number of ether oxygens (including phenoxy) is 1. The zero-order chi connectivity index (χ0) is 36.5. The first kappa shape index (κ1) is 34.4. The summed E-state index contributed by atoms with van der Waals surface area (Å²) in [6, 6.07) is 15.6. The number of aryl methyl sites for hydroxylation is 2. The van der Waals surface area contributed by atoms with E-state index >= 15 is 0 Å². The van der Waals surface area contributed by atoms with Crippen LogP contribution >= 0.6 is 11.3 Å². The Hall–Kier alpha value is -5.64. The molecule has 0 saturated carbocycles. The third kappa shape index (κ3) is 6.98. The van der Waals surface area contributed by atoms with E-state index in [9.17, 15) is 14.4 Å². The van der Waals surface area contributed by atoms with Gasteiger partial charge in [-0.15, -0.1) is 21.5 Å². The standard InChI is InChI=1S/C41H39N7O4S/c1-26(30-13-9-14-31-33(30)23-47(40(31)51)35-16-18-38(49)43-39(35)50)10-5-4-8-19-46-22-29(21-42-46)15-17-36-32(20-28-11-6-3-7-12-28)34-24-52-25-37-45-44-27(2)48(37)41(34)53-36/h3,5-7,9-14,21-22,26,35H,4,8,16,18-20,23-25H2,1-2H3,(H,43,49,50)/b10-5+. The molecule has 0 aliphatic carbocycles. The molecule has 1 N–H and O–H groups in total. The van der Waals surface area contributed by atoms with Crippen molar-refractivity contribution in [1.82, 2.24) is 34.8 Å². The zero-order valence-electron chi connectivity index (χ0n) is 29.7. The van der Waals surface area contributed by atoms with Crippen molar-refractivity contribution >= 4 is 29.1 Å². The fourth-order valence-corrected chi connectivity index (χ4v) is 8.65. The van der Waals surface area contributed by atoms with Crippen LogP contribution in [0.3, 0.4) is 0 Å². The Labute approximate surface area is 311 Å². The number of carbonyl (C=O) groups excluding carboxylic acids is 3. The molecule has 2 unspecified atom stereocenters. The van der Waals surface area contributed by atoms with E-state index in [1.807, 2.05) is 42.2 Å². The Bertz CT molecular complexity index is 2310. The van der Waals surface area contributed by atoms with Crippen LogP contribution in [0.1, 0.15) is 98.8 Å². The summed E-state index contributed by atoms with van der Waals surface area (Å²) in [4.78, 5) is 40.0. The number of unbranched alkanes of at least 4 members (excludes halogenated alkanes) is 1. The number of imide groups is 1. The van der Waals surface area contributed by atoms with Gasteiger partial charge in [0.05, 0.1) is 23.2 Å². The van der Waals surface area contributed by atoms with E-state index in [-0.39, 0.29) is 24.2 Å². The van der Waals surface area contributed by atoms with Crippen molar-refractivity contribution in [3.8, 4) is 16.8 Å². The number of hydrogen-bond donors (Lipinski definition) is 1. The number of rotatable bonds is 9. The molecule has 53 heavy (non-hydrogen) atoms. The maximum absolute atomic E-state index is 13.2. The lowest BCUT2D eigenvalue weighted by atomic mass is 9.93. The molecule has 0 radical (unpaired) electrons. The van der Waals surface area contributed by atoms with Gasteiger partial charge < -0.3 is 9.64 Å². The van der Waals surface area contributed by atoms with Crippen LogP contribution in [0.5, 0.6) is 0 Å². The molecule has 3 amide bonds. The average molecular weight is 726 g/mol. The Morgan fingerprint density at radius 3 is 2.77 bits per heavy atom. The van der Waals surface area contributed by atoms with E-state index in [1.165, 1.54) is 11.1 Å². The van der Waals surface area contributed by atoms with Crippen molar-refractivity contribution in [3.05, 3.63) is 129 Å². The van der Waals surface area contributed by atoms with Crippen LogP contribution < -0.4 is 5.32 Å². The molecule has 2 aromatic carbocycles. The van der Waals surface area contributed by atoms with Crippen molar-refractivity contribution in [2.45, 2.75) is 84.2 Å². The molecule has 5 aromatic rings. The molecule has 8 rings (SSSR count). The summed E-state index contributed by atoms with van der Waals surface area (Å²) in [5, 5.41) is 16.7. The number of nitrogens with zero attached hydrogens (tertiary/aromatic N) is 6. The SMILES string of the molecule is Cc1nnc2n1-c1sc(C#Cc3cnn(CCC/C=C/C(C)c4cccc5c4CN(C4CCC(=O)NC4=O)C5=O)c3)c(Cc3ccccc3)c1COC2. The number of hydrogen-bond acceptors (Lipinski definition) is 8. The van der Waals surface area contributed by atoms with Crippen LogP contribution in [0, 0.1) is 18.8 Å². The van der Waals surface area contributed by atoms with Gasteiger partial charge in [0.25, 0.3) is 5.91 Å². The number of thiophene rings is 1. The molecule has 0 spiro atoms. The average Bonchev–Trinajstić information content (AvgIpc) is 3.90. The summed E-state index contributed by atoms with van der Waals surface area (Å²) < 4.78 is 10.1. The molecule has 3 aliphatic heterocycles. The summed E-state index contributed by atoms with van der Waals surface area (Å²) in [6.45, 7) is 6.15. The second-order valence-corrected chi connectivity index (χ2v) is 14.7. The fourth-order valence-electron chi connectivity index (χ4n) is 7.40. The van der Waals surface area contributed by atoms with E-state index in [4.69, 9.17) is 4.74 Å². The van der Waals surface area contributed by atoms with Crippen LogP contribution in [0.25, 0.3) is 5.00 Å². The van der Waals surface area contributed by atoms with Crippen molar-refractivity contribution in [2.24, 2.45) is 0 Å². The third-order valence-corrected chi connectivity index (χ3v) is 11.3. The largest absolute Gasteiger partial charge is 0.369 e. The molecule has 268 valence electrons. The Morgan fingerprint density at radius 1 is 1.06 bits per heavy atom. The number of fused-ring (bicyclic) bond motifs is 4. The van der Waals surface area contributed by atoms with Gasteiger partial charge in [-0.2, -0.15) is 5.10 Å². The summed E-state index contributed by atoms with van der Waals surface area (Å²) in [5.74, 6) is 7.74. The summed E-state index contributed by atoms with van der Waals surface area (Å²) in [7, 11) is 0. The Morgan fingerprint density at radius 2 is 1.92 bits per heavy atom. The lowest BCUT2D eigenvalue weighted by Crippen LogP contribution is -2.52. The number of piperidine rings is 1. The first-order valence-corrected chi connectivity index (χ1v) is 18.8. The van der Waals surface area contributed by atoms with Gasteiger partial charge in [-0.25, -0.2) is 0 Å². The molecule has 3 aromatic heterocycles. The van der Waals surface area contributed by atoms with E-state index in [0.717, 1.165) is 69.6 Å².